The Bertz CT molecular complexity index is 249. The van der Waals surface area contributed by atoms with E-state index in [9.17, 15) is 4.79 Å². The van der Waals surface area contributed by atoms with Crippen molar-refractivity contribution in [3.63, 3.8) is 0 Å². The molecule has 0 aliphatic carbocycles. The van der Waals surface area contributed by atoms with Crippen molar-refractivity contribution < 1.29 is 4.79 Å². The highest BCUT2D eigenvalue weighted by atomic mass is 16.2. The van der Waals surface area contributed by atoms with Crippen molar-refractivity contribution in [2.75, 3.05) is 26.2 Å². The number of likely N-dealkylation sites (tertiary alicyclic amines) is 2. The Kier molecular flexibility index (Phi) is 3.82. The summed E-state index contributed by atoms with van der Waals surface area (Å²) in [5, 5.41) is 0. The summed E-state index contributed by atoms with van der Waals surface area (Å²) in [6.45, 7) is 5.75. The van der Waals surface area contributed by atoms with E-state index >= 15 is 0 Å². The molecular formula is C12H23N3O. The van der Waals surface area contributed by atoms with E-state index in [0.717, 1.165) is 32.5 Å². The third-order valence-corrected chi connectivity index (χ3v) is 3.92. The normalized spacial score (nSPS) is 29.4. The van der Waals surface area contributed by atoms with Crippen LogP contribution in [0.5, 0.6) is 0 Å². The van der Waals surface area contributed by atoms with Crippen molar-refractivity contribution in [3.8, 4) is 0 Å². The Morgan fingerprint density at radius 3 is 2.44 bits per heavy atom. The third kappa shape index (κ3) is 2.74. The molecule has 2 fully saturated rings. The molecule has 4 heteroatoms. The van der Waals surface area contributed by atoms with Crippen molar-refractivity contribution in [1.82, 2.24) is 9.80 Å². The highest BCUT2D eigenvalue weighted by Crippen LogP contribution is 2.20. The summed E-state index contributed by atoms with van der Waals surface area (Å²) >= 11 is 0. The van der Waals surface area contributed by atoms with Gasteiger partial charge in [-0.2, -0.15) is 0 Å². The van der Waals surface area contributed by atoms with E-state index in [4.69, 9.17) is 5.73 Å². The summed E-state index contributed by atoms with van der Waals surface area (Å²) in [6, 6.07) is 1.02. The maximum atomic E-state index is 11.2. The number of carbonyl (C=O) groups is 1. The Balaban J connectivity index is 1.81. The molecule has 0 bridgehead atoms. The van der Waals surface area contributed by atoms with Gasteiger partial charge in [0.25, 0.3) is 0 Å². The van der Waals surface area contributed by atoms with Gasteiger partial charge in [-0.1, -0.05) is 0 Å². The van der Waals surface area contributed by atoms with Crippen molar-refractivity contribution in [2.24, 2.45) is 5.73 Å². The summed E-state index contributed by atoms with van der Waals surface area (Å²) in [5.41, 5.74) is 6.00. The van der Waals surface area contributed by atoms with E-state index in [0.29, 0.717) is 12.1 Å². The molecule has 0 aromatic carbocycles. The van der Waals surface area contributed by atoms with Gasteiger partial charge in [-0.05, 0) is 32.2 Å². The van der Waals surface area contributed by atoms with E-state index in [1.165, 1.54) is 19.4 Å². The first-order valence-electron chi connectivity index (χ1n) is 6.42. The van der Waals surface area contributed by atoms with Crippen LogP contribution in [0, 0.1) is 0 Å². The van der Waals surface area contributed by atoms with E-state index < -0.39 is 0 Å². The van der Waals surface area contributed by atoms with E-state index in [1.807, 2.05) is 4.90 Å². The first-order chi connectivity index (χ1) is 7.66. The molecule has 0 aromatic rings. The second kappa shape index (κ2) is 5.15. The van der Waals surface area contributed by atoms with Crippen LogP contribution in [-0.2, 0) is 4.79 Å². The summed E-state index contributed by atoms with van der Waals surface area (Å²) < 4.78 is 0. The molecule has 2 N–H and O–H groups in total. The van der Waals surface area contributed by atoms with Gasteiger partial charge in [0.2, 0.25) is 5.91 Å². The van der Waals surface area contributed by atoms with Gasteiger partial charge in [0.05, 0.1) is 0 Å². The molecule has 2 saturated heterocycles. The van der Waals surface area contributed by atoms with Crippen LogP contribution in [0.2, 0.25) is 0 Å². The number of nitrogens with zero attached hydrogens (tertiary/aromatic N) is 2. The number of amides is 1. The molecule has 2 aliphatic heterocycles. The van der Waals surface area contributed by atoms with E-state index in [1.54, 1.807) is 6.92 Å². The molecule has 16 heavy (non-hydrogen) atoms. The number of carbonyl (C=O) groups excluding carboxylic acids is 1. The lowest BCUT2D eigenvalue weighted by Crippen LogP contribution is -2.51. The van der Waals surface area contributed by atoms with Gasteiger partial charge in [0.1, 0.15) is 0 Å². The summed E-state index contributed by atoms with van der Waals surface area (Å²) in [4.78, 5) is 15.7. The standard InChI is InChI=1S/C12H23N3O/c1-10(16)14-7-4-12(5-8-14)15-6-2-3-11(13)9-15/h11-12H,2-9,13H2,1H3/t11-/m0/s1. The fraction of sp³-hybridized carbons (Fsp3) is 0.917. The Labute approximate surface area is 97.8 Å². The maximum Gasteiger partial charge on any atom is 0.219 e. The van der Waals surface area contributed by atoms with Gasteiger partial charge in [-0.25, -0.2) is 0 Å². The van der Waals surface area contributed by atoms with Crippen molar-refractivity contribution >= 4 is 5.91 Å². The summed E-state index contributed by atoms with van der Waals surface area (Å²) in [7, 11) is 0. The smallest absolute Gasteiger partial charge is 0.219 e. The van der Waals surface area contributed by atoms with Crippen LogP contribution in [-0.4, -0.2) is 54.0 Å². The van der Waals surface area contributed by atoms with Crippen molar-refractivity contribution in [1.29, 1.82) is 0 Å². The highest BCUT2D eigenvalue weighted by Gasteiger charge is 2.28. The van der Waals surface area contributed by atoms with Crippen LogP contribution in [0.15, 0.2) is 0 Å². The zero-order chi connectivity index (χ0) is 11.5. The summed E-state index contributed by atoms with van der Waals surface area (Å²) in [6.07, 6.45) is 4.63. The molecule has 92 valence electrons. The van der Waals surface area contributed by atoms with Crippen LogP contribution < -0.4 is 5.73 Å². The second-order valence-electron chi connectivity index (χ2n) is 5.13. The molecule has 0 spiro atoms. The number of hydrogen-bond acceptors (Lipinski definition) is 3. The zero-order valence-electron chi connectivity index (χ0n) is 10.2. The van der Waals surface area contributed by atoms with Crippen molar-refractivity contribution in [2.45, 2.75) is 44.7 Å². The molecule has 1 amide bonds. The SMILES string of the molecule is CC(=O)N1CCC(N2CCC[C@H](N)C2)CC1. The Morgan fingerprint density at radius 2 is 1.88 bits per heavy atom. The number of hydrogen-bond donors (Lipinski definition) is 1. The molecule has 0 unspecified atom stereocenters. The zero-order valence-corrected chi connectivity index (χ0v) is 10.2. The van der Waals surface area contributed by atoms with Gasteiger partial charge < -0.3 is 10.6 Å². The molecule has 0 radical (unpaired) electrons. The third-order valence-electron chi connectivity index (χ3n) is 3.92. The lowest BCUT2D eigenvalue weighted by molar-refractivity contribution is -0.130. The number of nitrogens with two attached hydrogens (primary N) is 1. The average molecular weight is 225 g/mol. The molecule has 1 atom stereocenters. The van der Waals surface area contributed by atoms with Gasteiger partial charge in [-0.3, -0.25) is 9.69 Å². The second-order valence-corrected chi connectivity index (χ2v) is 5.13. The van der Waals surface area contributed by atoms with Crippen molar-refractivity contribution in [3.05, 3.63) is 0 Å². The fourth-order valence-corrected chi connectivity index (χ4v) is 2.92. The molecule has 2 heterocycles. The quantitative estimate of drug-likeness (QED) is 0.703. The predicted molar refractivity (Wildman–Crippen MR) is 64.1 cm³/mol. The minimum absolute atomic E-state index is 0.216. The lowest BCUT2D eigenvalue weighted by atomic mass is 9.98. The average Bonchev–Trinajstić information content (AvgIpc) is 2.29. The van der Waals surface area contributed by atoms with Gasteiger partial charge in [0, 0.05) is 38.6 Å². The Hall–Kier alpha value is -0.610. The highest BCUT2D eigenvalue weighted by molar-refractivity contribution is 5.73. The lowest BCUT2D eigenvalue weighted by Gasteiger charge is -2.41. The fourth-order valence-electron chi connectivity index (χ4n) is 2.92. The van der Waals surface area contributed by atoms with Gasteiger partial charge in [0.15, 0.2) is 0 Å². The number of rotatable bonds is 1. The predicted octanol–water partition coefficient (Wildman–Crippen LogP) is 0.420. The van der Waals surface area contributed by atoms with E-state index in [-0.39, 0.29) is 5.91 Å². The number of piperidine rings is 2. The molecule has 0 aromatic heterocycles. The largest absolute Gasteiger partial charge is 0.343 e. The minimum atomic E-state index is 0.216. The summed E-state index contributed by atoms with van der Waals surface area (Å²) in [5.74, 6) is 0.216. The molecule has 2 rings (SSSR count). The van der Waals surface area contributed by atoms with Crippen LogP contribution >= 0.6 is 0 Å². The molecular weight excluding hydrogens is 202 g/mol. The Morgan fingerprint density at radius 1 is 1.19 bits per heavy atom. The van der Waals surface area contributed by atoms with Crippen LogP contribution in [0.1, 0.15) is 32.6 Å². The van der Waals surface area contributed by atoms with Gasteiger partial charge >= 0.3 is 0 Å². The van der Waals surface area contributed by atoms with Gasteiger partial charge in [-0.15, -0.1) is 0 Å². The molecule has 0 saturated carbocycles. The molecule has 2 aliphatic rings. The van der Waals surface area contributed by atoms with Crippen LogP contribution in [0.3, 0.4) is 0 Å². The maximum absolute atomic E-state index is 11.2. The monoisotopic (exact) mass is 225 g/mol. The first kappa shape index (κ1) is 11.9. The van der Waals surface area contributed by atoms with Crippen LogP contribution in [0.25, 0.3) is 0 Å². The minimum Gasteiger partial charge on any atom is -0.343 e. The first-order valence-corrected chi connectivity index (χ1v) is 6.42. The van der Waals surface area contributed by atoms with E-state index in [2.05, 4.69) is 4.90 Å². The van der Waals surface area contributed by atoms with Crippen LogP contribution in [0.4, 0.5) is 0 Å². The molecule has 4 nitrogen and oxygen atoms in total. The topological polar surface area (TPSA) is 49.6 Å².